The number of pyridine rings is 1. The number of anilines is 1. The first-order valence-electron chi connectivity index (χ1n) is 9.84. The highest BCUT2D eigenvalue weighted by atomic mass is 32.2. The van der Waals surface area contributed by atoms with Crippen LogP contribution in [0, 0.1) is 0 Å². The van der Waals surface area contributed by atoms with Crippen LogP contribution >= 0.6 is 0 Å². The van der Waals surface area contributed by atoms with E-state index in [4.69, 9.17) is 0 Å². The zero-order valence-electron chi connectivity index (χ0n) is 16.6. The van der Waals surface area contributed by atoms with Crippen LogP contribution in [-0.4, -0.2) is 24.5 Å². The molecule has 2 aliphatic carbocycles. The Morgan fingerprint density at radius 3 is 2.21 bits per heavy atom. The smallest absolute Gasteiger partial charge is 0.333 e. The van der Waals surface area contributed by atoms with Gasteiger partial charge in [0, 0.05) is 11.9 Å². The van der Waals surface area contributed by atoms with Crippen molar-refractivity contribution in [1.29, 1.82) is 0 Å². The van der Waals surface area contributed by atoms with Gasteiger partial charge in [-0.2, -0.15) is 0 Å². The number of nitrogens with one attached hydrogen (secondary N) is 2. The van der Waals surface area contributed by atoms with E-state index in [0.29, 0.717) is 5.69 Å². The number of urea groups is 1. The second-order valence-corrected chi connectivity index (χ2v) is 9.91. The fraction of sp³-hybridized carbons (Fsp3) is 0.429. The molecule has 1 aromatic carbocycles. The molecule has 0 fully saturated rings. The first-order chi connectivity index (χ1) is 13.6. The number of carbonyl (C=O) groups is 1. The highest BCUT2D eigenvalue weighted by Crippen LogP contribution is 2.38. The minimum atomic E-state index is -4.08. The van der Waals surface area contributed by atoms with Gasteiger partial charge in [-0.05, 0) is 86.8 Å². The maximum Gasteiger partial charge on any atom is 0.333 e. The Balaban J connectivity index is 1.55. The lowest BCUT2D eigenvalue weighted by Crippen LogP contribution is -2.35. The van der Waals surface area contributed by atoms with Gasteiger partial charge in [-0.3, -0.25) is 4.98 Å². The maximum atomic E-state index is 12.6. The van der Waals surface area contributed by atoms with Crippen LogP contribution in [0.2, 0.25) is 0 Å². The number of amides is 2. The third kappa shape index (κ3) is 3.86. The Morgan fingerprint density at radius 1 is 1.07 bits per heavy atom. The largest absolute Gasteiger partial charge is 0.384 e. The molecule has 0 spiro atoms. The molecule has 0 atom stereocenters. The second kappa shape index (κ2) is 7.11. The summed E-state index contributed by atoms with van der Waals surface area (Å²) in [4.78, 5) is 16.4. The molecule has 4 rings (SSSR count). The molecular formula is C21H25N3O4S. The highest BCUT2D eigenvalue weighted by molar-refractivity contribution is 7.90. The first kappa shape index (κ1) is 19.8. The number of fused-ring (bicyclic) bond motifs is 2. The summed E-state index contributed by atoms with van der Waals surface area (Å²) < 4.78 is 27.3. The lowest BCUT2D eigenvalue weighted by atomic mass is 9.99. The molecular weight excluding hydrogens is 390 g/mol. The average molecular weight is 416 g/mol. The van der Waals surface area contributed by atoms with Gasteiger partial charge in [0.15, 0.2) is 0 Å². The van der Waals surface area contributed by atoms with E-state index in [0.717, 1.165) is 61.5 Å². The van der Waals surface area contributed by atoms with Crippen LogP contribution in [0.25, 0.3) is 0 Å². The minimum Gasteiger partial charge on any atom is -0.384 e. The number of aliphatic hydroxyl groups is 1. The van der Waals surface area contributed by atoms with Crippen LogP contribution in [-0.2, 0) is 41.3 Å². The van der Waals surface area contributed by atoms with Gasteiger partial charge >= 0.3 is 6.03 Å². The molecule has 0 unspecified atom stereocenters. The van der Waals surface area contributed by atoms with Crippen molar-refractivity contribution in [2.75, 3.05) is 5.32 Å². The van der Waals surface area contributed by atoms with Crippen molar-refractivity contribution in [3.63, 3.8) is 0 Å². The normalized spacial score (nSPS) is 15.7. The van der Waals surface area contributed by atoms with E-state index >= 15 is 0 Å². The van der Waals surface area contributed by atoms with E-state index < -0.39 is 21.7 Å². The quantitative estimate of drug-likeness (QED) is 0.712. The van der Waals surface area contributed by atoms with Gasteiger partial charge < -0.3 is 10.4 Å². The standard InChI is InChI=1S/C21H25N3O4S/c1-21(2,26)18-10-9-15(12-22-18)29(27,28)24-20(25)23-19-16-7-3-5-13(16)11-14-6-4-8-17(14)19/h9-12,26H,3-8H2,1-2H3,(H2,23,24,25). The van der Waals surface area contributed by atoms with Crippen molar-refractivity contribution in [3.05, 3.63) is 52.3 Å². The molecule has 1 aromatic heterocycles. The molecule has 0 radical (unpaired) electrons. The lowest BCUT2D eigenvalue weighted by Gasteiger charge is -2.17. The van der Waals surface area contributed by atoms with Gasteiger partial charge in [0.2, 0.25) is 0 Å². The summed E-state index contributed by atoms with van der Waals surface area (Å²) in [6.45, 7) is 3.12. The Morgan fingerprint density at radius 2 is 1.69 bits per heavy atom. The summed E-state index contributed by atoms with van der Waals surface area (Å²) in [6.07, 6.45) is 7.02. The van der Waals surface area contributed by atoms with E-state index in [1.165, 1.54) is 23.3 Å². The molecule has 154 valence electrons. The van der Waals surface area contributed by atoms with Crippen molar-refractivity contribution in [3.8, 4) is 0 Å². The molecule has 0 bridgehead atoms. The molecule has 1 heterocycles. The van der Waals surface area contributed by atoms with E-state index in [2.05, 4.69) is 21.1 Å². The lowest BCUT2D eigenvalue weighted by molar-refractivity contribution is 0.0737. The predicted octanol–water partition coefficient (Wildman–Crippen LogP) is 2.80. The monoisotopic (exact) mass is 415 g/mol. The minimum absolute atomic E-state index is 0.135. The third-order valence-corrected chi connectivity index (χ3v) is 6.93. The van der Waals surface area contributed by atoms with Gasteiger partial charge in [-0.25, -0.2) is 17.9 Å². The SMILES string of the molecule is CC(C)(O)c1ccc(S(=O)(=O)NC(=O)Nc2c3c(cc4c2CCC4)CCC3)cn1. The number of sulfonamides is 1. The number of aromatic nitrogens is 1. The molecule has 8 heteroatoms. The summed E-state index contributed by atoms with van der Waals surface area (Å²) >= 11 is 0. The van der Waals surface area contributed by atoms with Gasteiger partial charge in [-0.15, -0.1) is 0 Å². The van der Waals surface area contributed by atoms with Crippen LogP contribution in [0.1, 0.15) is 54.6 Å². The number of carbonyl (C=O) groups excluding carboxylic acids is 1. The fourth-order valence-electron chi connectivity index (χ4n) is 4.19. The molecule has 7 nitrogen and oxygen atoms in total. The van der Waals surface area contributed by atoms with Crippen molar-refractivity contribution >= 4 is 21.7 Å². The Kier molecular flexibility index (Phi) is 4.86. The van der Waals surface area contributed by atoms with Gasteiger partial charge in [-0.1, -0.05) is 6.07 Å². The summed E-state index contributed by atoms with van der Waals surface area (Å²) in [5, 5.41) is 12.8. The van der Waals surface area contributed by atoms with Gasteiger partial charge in [0.25, 0.3) is 10.0 Å². The zero-order chi connectivity index (χ0) is 20.8. The first-order valence-corrected chi connectivity index (χ1v) is 11.3. The molecule has 0 aliphatic heterocycles. The van der Waals surface area contributed by atoms with Crippen LogP contribution in [0.4, 0.5) is 10.5 Å². The average Bonchev–Trinajstić information content (AvgIpc) is 3.29. The van der Waals surface area contributed by atoms with Gasteiger partial charge in [0.05, 0.1) is 5.69 Å². The van der Waals surface area contributed by atoms with Crippen molar-refractivity contribution in [2.24, 2.45) is 0 Å². The highest BCUT2D eigenvalue weighted by Gasteiger charge is 2.27. The Bertz CT molecular complexity index is 1040. The second-order valence-electron chi connectivity index (χ2n) is 8.23. The molecule has 3 N–H and O–H groups in total. The van der Waals surface area contributed by atoms with E-state index in [1.54, 1.807) is 13.8 Å². The predicted molar refractivity (Wildman–Crippen MR) is 109 cm³/mol. The zero-order valence-corrected chi connectivity index (χ0v) is 17.4. The number of rotatable bonds is 4. The van der Waals surface area contributed by atoms with Crippen molar-refractivity contribution in [2.45, 2.75) is 62.9 Å². The van der Waals surface area contributed by atoms with Crippen molar-refractivity contribution < 1.29 is 18.3 Å². The van der Waals surface area contributed by atoms with Crippen LogP contribution in [0.3, 0.4) is 0 Å². The summed E-state index contributed by atoms with van der Waals surface area (Å²) in [7, 11) is -4.08. The number of hydrogen-bond acceptors (Lipinski definition) is 5. The topological polar surface area (TPSA) is 108 Å². The van der Waals surface area contributed by atoms with E-state index in [-0.39, 0.29) is 4.90 Å². The number of hydrogen-bond donors (Lipinski definition) is 3. The number of benzene rings is 1. The molecule has 2 amide bonds. The van der Waals surface area contributed by atoms with Gasteiger partial charge in [0.1, 0.15) is 10.5 Å². The van der Waals surface area contributed by atoms with E-state index in [9.17, 15) is 18.3 Å². The summed E-state index contributed by atoms with van der Waals surface area (Å²) in [6, 6.07) is 4.24. The number of aryl methyl sites for hydroxylation is 2. The number of nitrogens with zero attached hydrogens (tertiary/aromatic N) is 1. The van der Waals surface area contributed by atoms with Crippen LogP contribution < -0.4 is 10.0 Å². The molecule has 29 heavy (non-hydrogen) atoms. The van der Waals surface area contributed by atoms with Crippen molar-refractivity contribution in [1.82, 2.24) is 9.71 Å². The molecule has 2 aromatic rings. The Hall–Kier alpha value is -2.45. The molecule has 0 saturated carbocycles. The third-order valence-electron chi connectivity index (χ3n) is 5.61. The molecule has 2 aliphatic rings. The molecule has 0 saturated heterocycles. The summed E-state index contributed by atoms with van der Waals surface area (Å²) in [5.74, 6) is 0. The van der Waals surface area contributed by atoms with Crippen LogP contribution in [0.5, 0.6) is 0 Å². The Labute approximate surface area is 170 Å². The summed E-state index contributed by atoms with van der Waals surface area (Å²) in [5.41, 5.74) is 4.74. The van der Waals surface area contributed by atoms with E-state index in [1.807, 2.05) is 0 Å². The van der Waals surface area contributed by atoms with Crippen LogP contribution in [0.15, 0.2) is 29.3 Å². The maximum absolute atomic E-state index is 12.6. The fourth-order valence-corrected chi connectivity index (χ4v) is 5.04.